The number of amides is 2. The molecule has 19 heavy (non-hydrogen) atoms. The summed E-state index contributed by atoms with van der Waals surface area (Å²) in [5.74, 6) is -1.29. The molecule has 6 nitrogen and oxygen atoms in total. The molecule has 0 spiro atoms. The second-order valence-electron chi connectivity index (χ2n) is 4.18. The third-order valence-corrected chi connectivity index (χ3v) is 2.64. The van der Waals surface area contributed by atoms with Crippen LogP contribution in [0, 0.1) is 0 Å². The molecule has 0 aliphatic heterocycles. The van der Waals surface area contributed by atoms with Crippen molar-refractivity contribution in [3.63, 3.8) is 0 Å². The smallest absolute Gasteiger partial charge is 0.332 e. The molecular weight excluding hydrogens is 248 g/mol. The fourth-order valence-corrected chi connectivity index (χ4v) is 1.52. The van der Waals surface area contributed by atoms with E-state index in [2.05, 4.69) is 10.6 Å². The van der Waals surface area contributed by atoms with Crippen LogP contribution in [0.25, 0.3) is 0 Å². The molecule has 1 aromatic rings. The highest BCUT2D eigenvalue weighted by atomic mass is 16.4. The number of carboxylic acid groups (broad SMARTS) is 1. The van der Waals surface area contributed by atoms with Crippen LogP contribution in [0.2, 0.25) is 0 Å². The number of benzene rings is 1. The van der Waals surface area contributed by atoms with Gasteiger partial charge in [0.15, 0.2) is 6.10 Å². The Bertz CT molecular complexity index is 422. The topological polar surface area (TPSA) is 98.7 Å². The molecule has 2 amide bonds. The lowest BCUT2D eigenvalue weighted by molar-refractivity contribution is -0.146. The van der Waals surface area contributed by atoms with E-state index in [-0.39, 0.29) is 19.0 Å². The van der Waals surface area contributed by atoms with Gasteiger partial charge in [-0.05, 0) is 12.5 Å². The van der Waals surface area contributed by atoms with Crippen molar-refractivity contribution in [1.29, 1.82) is 0 Å². The van der Waals surface area contributed by atoms with Gasteiger partial charge in [-0.15, -0.1) is 0 Å². The van der Waals surface area contributed by atoms with E-state index in [0.29, 0.717) is 0 Å². The van der Waals surface area contributed by atoms with Crippen molar-refractivity contribution in [1.82, 2.24) is 10.6 Å². The van der Waals surface area contributed by atoms with Crippen molar-refractivity contribution >= 4 is 12.0 Å². The van der Waals surface area contributed by atoms with Gasteiger partial charge in [0.2, 0.25) is 0 Å². The summed E-state index contributed by atoms with van der Waals surface area (Å²) in [5.41, 5.74) is 0.975. The molecule has 1 rings (SSSR count). The molecule has 0 aliphatic carbocycles. The SMILES string of the molecule is CC(NC(=O)NCC[C@H](O)C(=O)O)c1ccccc1. The van der Waals surface area contributed by atoms with Crippen molar-refractivity contribution in [2.45, 2.75) is 25.5 Å². The summed E-state index contributed by atoms with van der Waals surface area (Å²) >= 11 is 0. The molecule has 1 aromatic carbocycles. The highest BCUT2D eigenvalue weighted by molar-refractivity contribution is 5.75. The maximum Gasteiger partial charge on any atom is 0.332 e. The zero-order valence-electron chi connectivity index (χ0n) is 10.7. The van der Waals surface area contributed by atoms with Gasteiger partial charge in [-0.25, -0.2) is 9.59 Å². The summed E-state index contributed by atoms with van der Waals surface area (Å²) in [6.07, 6.45) is -1.48. The van der Waals surface area contributed by atoms with Gasteiger partial charge < -0.3 is 20.8 Å². The Morgan fingerprint density at radius 2 is 1.89 bits per heavy atom. The number of carbonyl (C=O) groups is 2. The van der Waals surface area contributed by atoms with E-state index in [0.717, 1.165) is 5.56 Å². The van der Waals surface area contributed by atoms with E-state index in [1.165, 1.54) is 0 Å². The minimum atomic E-state index is -1.45. The van der Waals surface area contributed by atoms with Gasteiger partial charge in [0.05, 0.1) is 6.04 Å². The van der Waals surface area contributed by atoms with Gasteiger partial charge in [0, 0.05) is 13.0 Å². The molecule has 6 heteroatoms. The molecule has 0 fully saturated rings. The van der Waals surface area contributed by atoms with E-state index in [9.17, 15) is 9.59 Å². The van der Waals surface area contributed by atoms with Gasteiger partial charge >= 0.3 is 12.0 Å². The quantitative estimate of drug-likeness (QED) is 0.614. The van der Waals surface area contributed by atoms with Crippen LogP contribution in [0.3, 0.4) is 0 Å². The van der Waals surface area contributed by atoms with Gasteiger partial charge in [-0.2, -0.15) is 0 Å². The van der Waals surface area contributed by atoms with Crippen LogP contribution in [0.5, 0.6) is 0 Å². The molecule has 0 bridgehead atoms. The van der Waals surface area contributed by atoms with Crippen LogP contribution in [-0.4, -0.2) is 34.9 Å². The summed E-state index contributed by atoms with van der Waals surface area (Å²) in [7, 11) is 0. The molecule has 2 atom stereocenters. The van der Waals surface area contributed by atoms with Crippen LogP contribution >= 0.6 is 0 Å². The van der Waals surface area contributed by atoms with Gasteiger partial charge in [-0.3, -0.25) is 0 Å². The maximum atomic E-state index is 11.5. The van der Waals surface area contributed by atoms with Crippen molar-refractivity contribution in [2.75, 3.05) is 6.54 Å². The predicted molar refractivity (Wildman–Crippen MR) is 69.7 cm³/mol. The molecular formula is C13H18N2O4. The van der Waals surface area contributed by atoms with Gasteiger partial charge in [0.1, 0.15) is 0 Å². The first-order valence-corrected chi connectivity index (χ1v) is 6.01. The number of hydrogen-bond donors (Lipinski definition) is 4. The summed E-state index contributed by atoms with van der Waals surface area (Å²) in [5, 5.41) is 22.7. The monoisotopic (exact) mass is 266 g/mol. The largest absolute Gasteiger partial charge is 0.479 e. The van der Waals surface area contributed by atoms with E-state index >= 15 is 0 Å². The molecule has 0 heterocycles. The minimum absolute atomic E-state index is 0.0253. The number of aliphatic carboxylic acids is 1. The van der Waals surface area contributed by atoms with Crippen molar-refractivity contribution in [3.05, 3.63) is 35.9 Å². The Labute approximate surface area is 111 Å². The number of urea groups is 1. The molecule has 0 saturated carbocycles. The molecule has 0 radical (unpaired) electrons. The third-order valence-electron chi connectivity index (χ3n) is 2.64. The predicted octanol–water partition coefficient (Wildman–Crippen LogP) is 0.882. The van der Waals surface area contributed by atoms with E-state index < -0.39 is 18.1 Å². The first-order valence-electron chi connectivity index (χ1n) is 6.01. The second kappa shape index (κ2) is 7.38. The molecule has 1 unspecified atom stereocenters. The highest BCUT2D eigenvalue weighted by Gasteiger charge is 2.13. The summed E-state index contributed by atoms with van der Waals surface area (Å²) < 4.78 is 0. The Kier molecular flexibility index (Phi) is 5.81. The highest BCUT2D eigenvalue weighted by Crippen LogP contribution is 2.10. The van der Waals surface area contributed by atoms with Crippen LogP contribution < -0.4 is 10.6 Å². The van der Waals surface area contributed by atoms with Crippen molar-refractivity contribution in [2.24, 2.45) is 0 Å². The Morgan fingerprint density at radius 1 is 1.26 bits per heavy atom. The normalized spacial score (nSPS) is 13.4. The zero-order chi connectivity index (χ0) is 14.3. The van der Waals surface area contributed by atoms with Crippen LogP contribution in [0.4, 0.5) is 4.79 Å². The zero-order valence-corrected chi connectivity index (χ0v) is 10.7. The first-order chi connectivity index (χ1) is 9.00. The average molecular weight is 266 g/mol. The van der Waals surface area contributed by atoms with Crippen LogP contribution in [0.1, 0.15) is 24.9 Å². The number of aliphatic hydroxyl groups excluding tert-OH is 1. The summed E-state index contributed by atoms with van der Waals surface area (Å²) in [6, 6.07) is 8.92. The number of aliphatic hydroxyl groups is 1. The lowest BCUT2D eigenvalue weighted by atomic mass is 10.1. The second-order valence-corrected chi connectivity index (χ2v) is 4.18. The van der Waals surface area contributed by atoms with E-state index in [1.807, 2.05) is 37.3 Å². The maximum absolute atomic E-state index is 11.5. The summed E-state index contributed by atoms with van der Waals surface area (Å²) in [6.45, 7) is 1.95. The summed E-state index contributed by atoms with van der Waals surface area (Å²) in [4.78, 5) is 21.9. The molecule has 0 aliphatic rings. The molecule has 0 saturated heterocycles. The fourth-order valence-electron chi connectivity index (χ4n) is 1.52. The number of hydrogen-bond acceptors (Lipinski definition) is 3. The number of carbonyl (C=O) groups excluding carboxylic acids is 1. The Morgan fingerprint density at radius 3 is 2.47 bits per heavy atom. The Balaban J connectivity index is 2.30. The number of carboxylic acids is 1. The van der Waals surface area contributed by atoms with E-state index in [4.69, 9.17) is 10.2 Å². The molecule has 104 valence electrons. The van der Waals surface area contributed by atoms with Gasteiger partial charge in [-0.1, -0.05) is 30.3 Å². The van der Waals surface area contributed by atoms with Crippen LogP contribution in [-0.2, 0) is 4.79 Å². The van der Waals surface area contributed by atoms with E-state index in [1.54, 1.807) is 0 Å². The standard InChI is InChI=1S/C13H18N2O4/c1-9(10-5-3-2-4-6-10)15-13(19)14-8-7-11(16)12(17)18/h2-6,9,11,16H,7-8H2,1H3,(H,17,18)(H2,14,15,19)/t9?,11-/m0/s1. The van der Waals surface area contributed by atoms with Crippen molar-refractivity contribution < 1.29 is 19.8 Å². The number of rotatable bonds is 6. The van der Waals surface area contributed by atoms with Crippen molar-refractivity contribution in [3.8, 4) is 0 Å². The molecule has 4 N–H and O–H groups in total. The number of nitrogens with one attached hydrogen (secondary N) is 2. The Hall–Kier alpha value is -2.08. The third kappa shape index (κ3) is 5.39. The minimum Gasteiger partial charge on any atom is -0.479 e. The average Bonchev–Trinajstić information content (AvgIpc) is 2.39. The fraction of sp³-hybridized carbons (Fsp3) is 0.385. The first kappa shape index (κ1) is 15.0. The molecule has 0 aromatic heterocycles. The van der Waals surface area contributed by atoms with Crippen LogP contribution in [0.15, 0.2) is 30.3 Å². The van der Waals surface area contributed by atoms with Gasteiger partial charge in [0.25, 0.3) is 0 Å². The lowest BCUT2D eigenvalue weighted by Crippen LogP contribution is -2.39. The lowest BCUT2D eigenvalue weighted by Gasteiger charge is -2.15.